The van der Waals surface area contributed by atoms with Crippen molar-refractivity contribution in [2.45, 2.75) is 38.5 Å². The molecule has 0 aliphatic carbocycles. The van der Waals surface area contributed by atoms with Crippen molar-refractivity contribution in [3.05, 3.63) is 47.5 Å². The number of benzene rings is 2. The van der Waals surface area contributed by atoms with Gasteiger partial charge in [0.25, 0.3) is 0 Å². The Bertz CT molecular complexity index is 941. The molecule has 0 spiro atoms. The van der Waals surface area contributed by atoms with Crippen molar-refractivity contribution >= 4 is 5.91 Å². The van der Waals surface area contributed by atoms with E-state index in [4.69, 9.17) is 18.9 Å². The summed E-state index contributed by atoms with van der Waals surface area (Å²) in [5.74, 6) is 3.75. The summed E-state index contributed by atoms with van der Waals surface area (Å²) < 4.78 is 21.4. The summed E-state index contributed by atoms with van der Waals surface area (Å²) in [6.07, 6.45) is 5.64. The maximum Gasteiger partial charge on any atom is 0.220 e. The van der Waals surface area contributed by atoms with E-state index in [0.717, 1.165) is 68.8 Å². The van der Waals surface area contributed by atoms with E-state index in [-0.39, 0.29) is 5.91 Å². The lowest BCUT2D eigenvalue weighted by Gasteiger charge is -2.32. The molecular formula is C28H40N2O5. The lowest BCUT2D eigenvalue weighted by atomic mass is 9.92. The number of rotatable bonds is 13. The van der Waals surface area contributed by atoms with Gasteiger partial charge in [-0.05, 0) is 86.5 Å². The van der Waals surface area contributed by atoms with Crippen LogP contribution in [-0.4, -0.2) is 65.4 Å². The fourth-order valence-corrected chi connectivity index (χ4v) is 4.63. The highest BCUT2D eigenvalue weighted by molar-refractivity contribution is 5.75. The monoisotopic (exact) mass is 484 g/mol. The van der Waals surface area contributed by atoms with Crippen LogP contribution in [0.2, 0.25) is 0 Å². The zero-order valence-electron chi connectivity index (χ0n) is 21.6. The average Bonchev–Trinajstić information content (AvgIpc) is 2.90. The van der Waals surface area contributed by atoms with Gasteiger partial charge in [-0.2, -0.15) is 0 Å². The first-order chi connectivity index (χ1) is 17.1. The predicted molar refractivity (Wildman–Crippen MR) is 138 cm³/mol. The Balaban J connectivity index is 1.31. The van der Waals surface area contributed by atoms with Crippen molar-refractivity contribution in [1.29, 1.82) is 0 Å². The second-order valence-corrected chi connectivity index (χ2v) is 9.05. The highest BCUT2D eigenvalue weighted by atomic mass is 16.5. The van der Waals surface area contributed by atoms with Crippen molar-refractivity contribution in [3.8, 4) is 23.0 Å². The molecule has 7 nitrogen and oxygen atoms in total. The van der Waals surface area contributed by atoms with Gasteiger partial charge < -0.3 is 29.2 Å². The van der Waals surface area contributed by atoms with E-state index in [1.165, 1.54) is 5.56 Å². The summed E-state index contributed by atoms with van der Waals surface area (Å²) in [4.78, 5) is 14.9. The normalized spacial score (nSPS) is 14.4. The van der Waals surface area contributed by atoms with Crippen molar-refractivity contribution in [1.82, 2.24) is 10.2 Å². The van der Waals surface area contributed by atoms with Gasteiger partial charge in [0.1, 0.15) is 0 Å². The first-order valence-corrected chi connectivity index (χ1v) is 12.5. The summed E-state index contributed by atoms with van der Waals surface area (Å²) in [6, 6.07) is 12.0. The Morgan fingerprint density at radius 1 is 0.829 bits per heavy atom. The minimum absolute atomic E-state index is 0.140. The standard InChI is InChI=1S/C28H40N2O5/c1-32-24-8-5-22(19-26(24)34-3)11-15-29-28(31)10-7-21-12-16-30(17-13-21)18-14-23-6-9-25(33-2)27(20-23)35-4/h5-6,8-9,19-21H,7,10-18H2,1-4H3,(H,29,31). The molecule has 192 valence electrons. The molecule has 0 atom stereocenters. The fraction of sp³-hybridized carbons (Fsp3) is 0.536. The van der Waals surface area contributed by atoms with E-state index in [0.29, 0.717) is 30.4 Å². The number of nitrogens with zero attached hydrogens (tertiary/aromatic N) is 1. The molecular weight excluding hydrogens is 444 g/mol. The van der Waals surface area contributed by atoms with Gasteiger partial charge >= 0.3 is 0 Å². The maximum absolute atomic E-state index is 12.3. The van der Waals surface area contributed by atoms with E-state index in [1.807, 2.05) is 24.3 Å². The summed E-state index contributed by atoms with van der Waals surface area (Å²) in [5.41, 5.74) is 2.37. The Kier molecular flexibility index (Phi) is 10.5. The van der Waals surface area contributed by atoms with Gasteiger partial charge in [0.05, 0.1) is 28.4 Å². The number of amides is 1. The molecule has 3 rings (SSSR count). The third-order valence-electron chi connectivity index (χ3n) is 6.84. The highest BCUT2D eigenvalue weighted by Gasteiger charge is 2.20. The van der Waals surface area contributed by atoms with Crippen LogP contribution < -0.4 is 24.3 Å². The number of hydrogen-bond donors (Lipinski definition) is 1. The lowest BCUT2D eigenvalue weighted by Crippen LogP contribution is -2.35. The van der Waals surface area contributed by atoms with Gasteiger partial charge in [-0.15, -0.1) is 0 Å². The Morgan fingerprint density at radius 3 is 1.91 bits per heavy atom. The van der Waals surface area contributed by atoms with Crippen LogP contribution in [0.1, 0.15) is 36.8 Å². The number of piperidine rings is 1. The van der Waals surface area contributed by atoms with E-state index >= 15 is 0 Å². The van der Waals surface area contributed by atoms with Crippen molar-refractivity contribution in [2.75, 3.05) is 54.6 Å². The molecule has 1 aliphatic heterocycles. The van der Waals surface area contributed by atoms with Gasteiger partial charge in [-0.1, -0.05) is 12.1 Å². The van der Waals surface area contributed by atoms with Crippen LogP contribution in [0.25, 0.3) is 0 Å². The van der Waals surface area contributed by atoms with Crippen LogP contribution in [0.15, 0.2) is 36.4 Å². The largest absolute Gasteiger partial charge is 0.493 e. The molecule has 1 fully saturated rings. The number of likely N-dealkylation sites (tertiary alicyclic amines) is 1. The first-order valence-electron chi connectivity index (χ1n) is 12.5. The summed E-state index contributed by atoms with van der Waals surface area (Å²) >= 11 is 0. The quantitative estimate of drug-likeness (QED) is 0.461. The van der Waals surface area contributed by atoms with Gasteiger partial charge in [-0.3, -0.25) is 4.79 Å². The molecule has 35 heavy (non-hydrogen) atoms. The number of carbonyl (C=O) groups is 1. The number of carbonyl (C=O) groups excluding carboxylic acids is 1. The highest BCUT2D eigenvalue weighted by Crippen LogP contribution is 2.29. The number of methoxy groups -OCH3 is 4. The van der Waals surface area contributed by atoms with Crippen LogP contribution in [-0.2, 0) is 17.6 Å². The molecule has 2 aromatic rings. The van der Waals surface area contributed by atoms with Gasteiger partial charge in [0.15, 0.2) is 23.0 Å². The molecule has 1 amide bonds. The van der Waals surface area contributed by atoms with Crippen LogP contribution in [0, 0.1) is 5.92 Å². The Morgan fingerprint density at radius 2 is 1.37 bits per heavy atom. The van der Waals surface area contributed by atoms with E-state index in [1.54, 1.807) is 28.4 Å². The molecule has 1 aliphatic rings. The molecule has 0 unspecified atom stereocenters. The SMILES string of the molecule is COc1ccc(CCNC(=O)CCC2CCN(CCc3ccc(OC)c(OC)c3)CC2)cc1OC. The average molecular weight is 485 g/mol. The molecule has 1 saturated heterocycles. The molecule has 0 aromatic heterocycles. The maximum atomic E-state index is 12.3. The van der Waals surface area contributed by atoms with E-state index in [2.05, 4.69) is 22.3 Å². The number of nitrogens with one attached hydrogen (secondary N) is 1. The minimum atomic E-state index is 0.140. The smallest absolute Gasteiger partial charge is 0.220 e. The van der Waals surface area contributed by atoms with Crippen LogP contribution >= 0.6 is 0 Å². The first kappa shape index (κ1) is 26.7. The summed E-state index contributed by atoms with van der Waals surface area (Å²) in [6.45, 7) is 3.86. The second kappa shape index (κ2) is 13.8. The summed E-state index contributed by atoms with van der Waals surface area (Å²) in [7, 11) is 6.59. The van der Waals surface area contributed by atoms with Crippen LogP contribution in [0.3, 0.4) is 0 Å². The van der Waals surface area contributed by atoms with Crippen LogP contribution in [0.4, 0.5) is 0 Å². The summed E-state index contributed by atoms with van der Waals surface area (Å²) in [5, 5.41) is 3.06. The zero-order valence-corrected chi connectivity index (χ0v) is 21.6. The van der Waals surface area contributed by atoms with Crippen molar-refractivity contribution in [3.63, 3.8) is 0 Å². The molecule has 0 bridgehead atoms. The Hall–Kier alpha value is -2.93. The van der Waals surface area contributed by atoms with E-state index in [9.17, 15) is 4.79 Å². The fourth-order valence-electron chi connectivity index (χ4n) is 4.63. The molecule has 1 heterocycles. The van der Waals surface area contributed by atoms with Gasteiger partial charge in [-0.25, -0.2) is 0 Å². The molecule has 0 radical (unpaired) electrons. The van der Waals surface area contributed by atoms with E-state index < -0.39 is 0 Å². The molecule has 2 aromatic carbocycles. The minimum Gasteiger partial charge on any atom is -0.493 e. The predicted octanol–water partition coefficient (Wildman–Crippen LogP) is 4.11. The topological polar surface area (TPSA) is 69.3 Å². The number of ether oxygens (including phenoxy) is 4. The number of hydrogen-bond acceptors (Lipinski definition) is 6. The second-order valence-electron chi connectivity index (χ2n) is 9.05. The van der Waals surface area contributed by atoms with Gasteiger partial charge in [0, 0.05) is 19.5 Å². The lowest BCUT2D eigenvalue weighted by molar-refractivity contribution is -0.121. The molecule has 1 N–H and O–H groups in total. The molecule has 0 saturated carbocycles. The zero-order chi connectivity index (χ0) is 25.0. The van der Waals surface area contributed by atoms with Crippen LogP contribution in [0.5, 0.6) is 23.0 Å². The third-order valence-corrected chi connectivity index (χ3v) is 6.84. The molecule has 7 heteroatoms. The third kappa shape index (κ3) is 8.06. The van der Waals surface area contributed by atoms with Crippen molar-refractivity contribution in [2.24, 2.45) is 5.92 Å². The Labute approximate surface area is 209 Å². The van der Waals surface area contributed by atoms with Gasteiger partial charge in [0.2, 0.25) is 5.91 Å². The van der Waals surface area contributed by atoms with Crippen molar-refractivity contribution < 1.29 is 23.7 Å².